The van der Waals surface area contributed by atoms with Crippen molar-refractivity contribution in [3.8, 4) is 5.69 Å². The van der Waals surface area contributed by atoms with E-state index in [2.05, 4.69) is 5.32 Å². The number of benzene rings is 2. The molecule has 1 N–H and O–H groups in total. The van der Waals surface area contributed by atoms with Crippen molar-refractivity contribution in [2.75, 3.05) is 22.4 Å². The third-order valence-electron chi connectivity index (χ3n) is 4.70. The zero-order chi connectivity index (χ0) is 22.9. The van der Waals surface area contributed by atoms with Crippen LogP contribution in [0, 0.1) is 6.92 Å². The van der Waals surface area contributed by atoms with Gasteiger partial charge in [0.15, 0.2) is 0 Å². The number of sulfonamides is 1. The van der Waals surface area contributed by atoms with Crippen molar-refractivity contribution in [3.05, 3.63) is 74.6 Å². The fourth-order valence-corrected chi connectivity index (χ4v) is 4.20. The van der Waals surface area contributed by atoms with Crippen LogP contribution in [-0.2, 0) is 21.9 Å². The highest BCUT2D eigenvalue weighted by molar-refractivity contribution is 7.92. The average molecular weight is 483 g/mol. The molecule has 0 fully saturated rings. The lowest BCUT2D eigenvalue weighted by Gasteiger charge is -2.22. The van der Waals surface area contributed by atoms with Gasteiger partial charge in [-0.15, -0.1) is 0 Å². The molecule has 0 spiro atoms. The maximum Gasteiger partial charge on any atom is 0.295 e. The Morgan fingerprint density at radius 3 is 2.32 bits per heavy atom. The van der Waals surface area contributed by atoms with Gasteiger partial charge in [-0.3, -0.25) is 18.6 Å². The third kappa shape index (κ3) is 4.79. The molecule has 1 aromatic heterocycles. The van der Waals surface area contributed by atoms with E-state index in [4.69, 9.17) is 23.2 Å². The Labute approximate surface area is 189 Å². The predicted octanol–water partition coefficient (Wildman–Crippen LogP) is 3.20. The molecule has 3 aromatic rings. The molecule has 0 aliphatic carbocycles. The fraction of sp³-hybridized carbons (Fsp3) is 0.200. The van der Waals surface area contributed by atoms with Gasteiger partial charge in [0.05, 0.1) is 33.4 Å². The summed E-state index contributed by atoms with van der Waals surface area (Å²) in [6, 6.07) is 13.2. The van der Waals surface area contributed by atoms with Crippen molar-refractivity contribution in [2.24, 2.45) is 7.05 Å². The van der Waals surface area contributed by atoms with E-state index in [1.54, 1.807) is 42.9 Å². The van der Waals surface area contributed by atoms with Gasteiger partial charge in [-0.1, -0.05) is 41.4 Å². The summed E-state index contributed by atoms with van der Waals surface area (Å²) in [5, 5.41) is 2.95. The number of nitrogens with one attached hydrogen (secondary N) is 1. The topological polar surface area (TPSA) is 93.4 Å². The summed E-state index contributed by atoms with van der Waals surface area (Å²) >= 11 is 11.9. The average Bonchev–Trinajstić information content (AvgIpc) is 2.91. The molecular formula is C20H20Cl2N4O4S. The highest BCUT2D eigenvalue weighted by atomic mass is 35.5. The van der Waals surface area contributed by atoms with E-state index in [0.29, 0.717) is 11.4 Å². The van der Waals surface area contributed by atoms with Crippen LogP contribution < -0.4 is 15.2 Å². The zero-order valence-corrected chi connectivity index (χ0v) is 19.3. The molecule has 0 aliphatic rings. The lowest BCUT2D eigenvalue weighted by molar-refractivity contribution is -0.114. The molecule has 0 unspecified atom stereocenters. The second-order valence-electron chi connectivity index (χ2n) is 6.85. The Bertz CT molecular complexity index is 1300. The van der Waals surface area contributed by atoms with Gasteiger partial charge < -0.3 is 5.32 Å². The Balaban J connectivity index is 1.92. The van der Waals surface area contributed by atoms with Crippen LogP contribution in [-0.4, -0.2) is 36.5 Å². The summed E-state index contributed by atoms with van der Waals surface area (Å²) in [7, 11) is -2.13. The van der Waals surface area contributed by atoms with Gasteiger partial charge in [0.25, 0.3) is 5.56 Å². The third-order valence-corrected chi connectivity index (χ3v) is 6.58. The molecule has 164 valence electrons. The maximum atomic E-state index is 12.9. The van der Waals surface area contributed by atoms with Gasteiger partial charge in [-0.05, 0) is 37.3 Å². The number of amides is 1. The van der Waals surface area contributed by atoms with Crippen LogP contribution >= 0.6 is 23.2 Å². The predicted molar refractivity (Wildman–Crippen MR) is 123 cm³/mol. The summed E-state index contributed by atoms with van der Waals surface area (Å²) < 4.78 is 28.5. The van der Waals surface area contributed by atoms with E-state index in [1.807, 2.05) is 6.07 Å². The van der Waals surface area contributed by atoms with Gasteiger partial charge >= 0.3 is 0 Å². The second kappa shape index (κ2) is 8.78. The van der Waals surface area contributed by atoms with Crippen LogP contribution in [0.15, 0.2) is 53.3 Å². The van der Waals surface area contributed by atoms with Gasteiger partial charge in [0.2, 0.25) is 15.9 Å². The monoisotopic (exact) mass is 482 g/mol. The van der Waals surface area contributed by atoms with Gasteiger partial charge in [0.1, 0.15) is 12.2 Å². The summed E-state index contributed by atoms with van der Waals surface area (Å²) in [5.41, 5.74) is 0.965. The van der Waals surface area contributed by atoms with E-state index < -0.39 is 28.0 Å². The van der Waals surface area contributed by atoms with E-state index in [-0.39, 0.29) is 21.4 Å². The molecule has 0 saturated heterocycles. The summed E-state index contributed by atoms with van der Waals surface area (Å²) in [6.07, 6.45) is 0.971. The molecule has 2 aromatic carbocycles. The normalized spacial score (nSPS) is 11.4. The van der Waals surface area contributed by atoms with Crippen molar-refractivity contribution in [3.63, 3.8) is 0 Å². The lowest BCUT2D eigenvalue weighted by Crippen LogP contribution is -2.38. The Morgan fingerprint density at radius 2 is 1.74 bits per heavy atom. The lowest BCUT2D eigenvalue weighted by atomic mass is 10.3. The largest absolute Gasteiger partial charge is 0.318 e. The van der Waals surface area contributed by atoms with Crippen LogP contribution in [0.5, 0.6) is 0 Å². The summed E-state index contributed by atoms with van der Waals surface area (Å²) in [4.78, 5) is 25.7. The molecule has 0 bridgehead atoms. The fourth-order valence-electron chi connectivity index (χ4n) is 3.06. The molecule has 0 aliphatic heterocycles. The zero-order valence-electron chi connectivity index (χ0n) is 17.0. The van der Waals surface area contributed by atoms with E-state index in [9.17, 15) is 18.0 Å². The maximum absolute atomic E-state index is 12.9. The number of aromatic nitrogens is 2. The van der Waals surface area contributed by atoms with Gasteiger partial charge in [0, 0.05) is 7.05 Å². The van der Waals surface area contributed by atoms with E-state index >= 15 is 0 Å². The molecule has 31 heavy (non-hydrogen) atoms. The van der Waals surface area contributed by atoms with Gasteiger partial charge in [-0.25, -0.2) is 13.1 Å². The summed E-state index contributed by atoms with van der Waals surface area (Å²) in [6.45, 7) is 1.14. The molecule has 3 rings (SSSR count). The molecule has 11 heteroatoms. The number of halogens is 2. The van der Waals surface area contributed by atoms with Crippen LogP contribution in [0.3, 0.4) is 0 Å². The van der Waals surface area contributed by atoms with E-state index in [0.717, 1.165) is 10.6 Å². The minimum Gasteiger partial charge on any atom is -0.318 e. The smallest absolute Gasteiger partial charge is 0.295 e. The second-order valence-corrected chi connectivity index (χ2v) is 9.57. The molecule has 1 heterocycles. The Kier molecular flexibility index (Phi) is 6.49. The first-order valence-corrected chi connectivity index (χ1v) is 11.7. The SMILES string of the molecule is Cc1c(NC(=O)CN(c2ccc(Cl)c(Cl)c2)S(C)(=O)=O)c(=O)n(-c2ccccc2)n1C. The molecular weight excluding hydrogens is 463 g/mol. The first-order valence-electron chi connectivity index (χ1n) is 9.07. The number of hydrogen-bond acceptors (Lipinski definition) is 4. The highest BCUT2D eigenvalue weighted by Gasteiger charge is 2.24. The van der Waals surface area contributed by atoms with Crippen molar-refractivity contribution in [1.29, 1.82) is 0 Å². The van der Waals surface area contributed by atoms with Crippen molar-refractivity contribution in [1.82, 2.24) is 9.36 Å². The number of carbonyl (C=O) groups is 1. The first kappa shape index (κ1) is 22.9. The number of anilines is 2. The number of hydrogen-bond donors (Lipinski definition) is 1. The van der Waals surface area contributed by atoms with Crippen molar-refractivity contribution < 1.29 is 13.2 Å². The molecule has 0 atom stereocenters. The minimum absolute atomic E-state index is 0.0685. The van der Waals surface area contributed by atoms with Crippen molar-refractivity contribution in [2.45, 2.75) is 6.92 Å². The number of rotatable bonds is 6. The highest BCUT2D eigenvalue weighted by Crippen LogP contribution is 2.28. The number of nitrogens with zero attached hydrogens (tertiary/aromatic N) is 3. The minimum atomic E-state index is -3.82. The summed E-state index contributed by atoms with van der Waals surface area (Å²) in [5.74, 6) is -0.678. The Morgan fingerprint density at radius 1 is 1.10 bits per heavy atom. The van der Waals surface area contributed by atoms with Gasteiger partial charge in [-0.2, -0.15) is 0 Å². The Hall–Kier alpha value is -2.75. The van der Waals surface area contributed by atoms with Crippen molar-refractivity contribution >= 4 is 50.5 Å². The van der Waals surface area contributed by atoms with Crippen LogP contribution in [0.1, 0.15) is 5.69 Å². The first-order chi connectivity index (χ1) is 14.5. The molecule has 1 amide bonds. The molecule has 8 nitrogen and oxygen atoms in total. The number of carbonyl (C=O) groups excluding carboxylic acids is 1. The van der Waals surface area contributed by atoms with E-state index in [1.165, 1.54) is 22.9 Å². The standard InChI is InChI=1S/C20H20Cl2N4O4S/c1-13-19(20(28)26(24(13)2)14-7-5-4-6-8-14)23-18(27)12-25(31(3,29)30)15-9-10-16(21)17(22)11-15/h4-11H,12H2,1-3H3,(H,23,27). The van der Waals surface area contributed by atoms with Crippen LogP contribution in [0.4, 0.5) is 11.4 Å². The number of para-hydroxylation sites is 1. The molecule has 0 saturated carbocycles. The quantitative estimate of drug-likeness (QED) is 0.583. The van der Waals surface area contributed by atoms with Crippen LogP contribution in [0.2, 0.25) is 10.0 Å². The van der Waals surface area contributed by atoms with Crippen LogP contribution in [0.25, 0.3) is 5.69 Å². The molecule has 0 radical (unpaired) electrons.